The van der Waals surface area contributed by atoms with Crippen molar-refractivity contribution in [2.75, 3.05) is 0 Å². The van der Waals surface area contributed by atoms with E-state index in [-0.39, 0.29) is 0 Å². The fourth-order valence-corrected chi connectivity index (χ4v) is 0. The molecule has 0 aromatic carbocycles. The molecule has 0 fully saturated rings. The summed E-state index contributed by atoms with van der Waals surface area (Å²) >= 11 is -0.472. The number of rotatable bonds is 1. The fourth-order valence-electron chi connectivity index (χ4n) is 0. The van der Waals surface area contributed by atoms with Gasteiger partial charge in [0, 0.05) is 0 Å². The van der Waals surface area contributed by atoms with E-state index in [0.29, 0.717) is 0 Å². The average Bonchev–Trinajstić information content (AvgIpc) is 1.68. The molecule has 0 aliphatic heterocycles. The molecule has 6 heteroatoms. The van der Waals surface area contributed by atoms with Crippen LogP contribution in [0.4, 0.5) is 0 Å². The summed E-state index contributed by atoms with van der Waals surface area (Å²) in [6.07, 6.45) is 0. The zero-order valence-electron chi connectivity index (χ0n) is 4.50. The van der Waals surface area contributed by atoms with Gasteiger partial charge in [0.1, 0.15) is 0 Å². The summed E-state index contributed by atoms with van der Waals surface area (Å²) in [5, 5.41) is 7.80. The summed E-state index contributed by atoms with van der Waals surface area (Å²) in [5.74, 6) is -1.07. The van der Waals surface area contributed by atoms with Gasteiger partial charge in [-0.25, -0.2) is 0 Å². The molecular weight excluding hydrogens is 348 g/mol. The first-order valence-electron chi connectivity index (χ1n) is 1.82. The molecule has 1 atom stereocenters. The minimum atomic E-state index is -1.07. The van der Waals surface area contributed by atoms with Crippen molar-refractivity contribution < 1.29 is 26.4 Å². The third kappa shape index (κ3) is 17.7. The van der Waals surface area contributed by atoms with Gasteiger partial charge in [0.2, 0.25) is 0 Å². The second-order valence-corrected chi connectivity index (χ2v) is 4.39. The topological polar surface area (TPSA) is 61.1 Å². The number of hydrogen-bond donors (Lipinski definition) is 1. The van der Waals surface area contributed by atoms with Crippen LogP contribution < -0.4 is 0 Å². The SMILES string of the molecule is CC([NH-])C(=O)O.[Cl][Pt][Cl]. The Morgan fingerprint density at radius 1 is 1.78 bits per heavy atom. The van der Waals surface area contributed by atoms with Gasteiger partial charge in [-0.15, -0.1) is 0 Å². The molecule has 0 radical (unpaired) electrons. The van der Waals surface area contributed by atoms with Gasteiger partial charge in [-0.05, 0) is 6.04 Å². The summed E-state index contributed by atoms with van der Waals surface area (Å²) in [5.41, 5.74) is 6.43. The third-order valence-corrected chi connectivity index (χ3v) is 0.370. The molecule has 0 aromatic rings. The summed E-state index contributed by atoms with van der Waals surface area (Å²) in [7, 11) is 9.75. The van der Waals surface area contributed by atoms with Crippen LogP contribution in [0.15, 0.2) is 0 Å². The van der Waals surface area contributed by atoms with E-state index in [9.17, 15) is 4.79 Å². The van der Waals surface area contributed by atoms with Gasteiger partial charge in [0.05, 0.1) is 0 Å². The first-order chi connectivity index (χ1) is 4.06. The Hall–Kier alpha value is 0.698. The quantitative estimate of drug-likeness (QED) is 0.782. The Morgan fingerprint density at radius 2 is 1.89 bits per heavy atom. The summed E-state index contributed by atoms with van der Waals surface area (Å²) < 4.78 is 0. The Bertz CT molecular complexity index is 80.2. The van der Waals surface area contributed by atoms with Gasteiger partial charge in [-0.2, -0.15) is 0 Å². The number of halogens is 2. The molecule has 0 aromatic heterocycles. The molecule has 0 bridgehead atoms. The van der Waals surface area contributed by atoms with Gasteiger partial charge in [-0.3, -0.25) is 4.79 Å². The monoisotopic (exact) mass is 353 g/mol. The second-order valence-electron chi connectivity index (χ2n) is 1.11. The van der Waals surface area contributed by atoms with Crippen molar-refractivity contribution in [3.63, 3.8) is 0 Å². The molecule has 0 aliphatic carbocycles. The van der Waals surface area contributed by atoms with Gasteiger partial charge in [0.25, 0.3) is 5.97 Å². The van der Waals surface area contributed by atoms with Crippen LogP contribution in [-0.4, -0.2) is 17.1 Å². The Balaban J connectivity index is 0. The molecular formula is C3H6Cl2NO2Pt-. The van der Waals surface area contributed by atoms with Crippen molar-refractivity contribution in [2.45, 2.75) is 13.0 Å². The van der Waals surface area contributed by atoms with Crippen molar-refractivity contribution in [2.24, 2.45) is 0 Å². The van der Waals surface area contributed by atoms with E-state index in [1.54, 1.807) is 0 Å². The maximum atomic E-state index is 9.51. The number of nitrogens with one attached hydrogen (secondary N) is 1. The molecule has 0 saturated carbocycles. The number of carboxylic acids is 1. The molecule has 9 heavy (non-hydrogen) atoms. The van der Waals surface area contributed by atoms with E-state index < -0.39 is 28.5 Å². The molecule has 0 saturated heterocycles. The van der Waals surface area contributed by atoms with Crippen molar-refractivity contribution in [3.05, 3.63) is 5.73 Å². The average molecular weight is 354 g/mol. The van der Waals surface area contributed by atoms with Gasteiger partial charge in [0.15, 0.2) is 0 Å². The molecule has 60 valence electrons. The Kier molecular flexibility index (Phi) is 12.0. The van der Waals surface area contributed by atoms with Crippen LogP contribution in [-0.2, 0) is 21.3 Å². The minimum absolute atomic E-state index is 0.472. The molecule has 0 aliphatic rings. The number of carbonyl (C=O) groups is 1. The van der Waals surface area contributed by atoms with E-state index in [2.05, 4.69) is 0 Å². The molecule has 0 heterocycles. The van der Waals surface area contributed by atoms with Crippen LogP contribution in [0.3, 0.4) is 0 Å². The first-order valence-corrected chi connectivity index (χ1v) is 7.45. The van der Waals surface area contributed by atoms with Crippen LogP contribution in [0.5, 0.6) is 0 Å². The Morgan fingerprint density at radius 3 is 1.89 bits per heavy atom. The van der Waals surface area contributed by atoms with Crippen LogP contribution in [0.1, 0.15) is 6.92 Å². The standard InChI is InChI=1S/C3H6NO2.2ClH.Pt/c1-2(4)3(5)6;;;/h2,4H,1H3,(H,5,6);2*1H;/q-1;;;+2/p-2. The van der Waals surface area contributed by atoms with Gasteiger partial charge in [-0.1, -0.05) is 6.92 Å². The van der Waals surface area contributed by atoms with Crippen LogP contribution >= 0.6 is 18.8 Å². The first kappa shape index (κ1) is 12.4. The number of hydrogen-bond acceptors (Lipinski definition) is 1. The number of carboxylic acid groups (broad SMARTS) is 1. The predicted octanol–water partition coefficient (Wildman–Crippen LogP) is 1.89. The van der Waals surface area contributed by atoms with Crippen LogP contribution in [0, 0.1) is 0 Å². The zero-order valence-corrected chi connectivity index (χ0v) is 8.29. The predicted molar refractivity (Wildman–Crippen MR) is 33.1 cm³/mol. The third-order valence-electron chi connectivity index (χ3n) is 0.370. The van der Waals surface area contributed by atoms with Crippen molar-refractivity contribution in [1.82, 2.24) is 0 Å². The molecule has 3 nitrogen and oxygen atoms in total. The summed E-state index contributed by atoms with van der Waals surface area (Å²) in [6, 6.07) is -0.981. The van der Waals surface area contributed by atoms with E-state index in [0.717, 1.165) is 0 Å². The fraction of sp³-hybridized carbons (Fsp3) is 0.667. The molecule has 0 spiro atoms. The van der Waals surface area contributed by atoms with Gasteiger partial charge < -0.3 is 10.8 Å². The normalized spacial score (nSPS) is 11.6. The van der Waals surface area contributed by atoms with E-state index in [1.807, 2.05) is 0 Å². The maximum absolute atomic E-state index is 9.51. The molecule has 2 N–H and O–H groups in total. The van der Waals surface area contributed by atoms with Crippen LogP contribution in [0.25, 0.3) is 5.73 Å². The Labute approximate surface area is 69.9 Å². The molecule has 0 rings (SSSR count). The van der Waals surface area contributed by atoms with Gasteiger partial charge >= 0.3 is 35.3 Å². The summed E-state index contributed by atoms with van der Waals surface area (Å²) in [6.45, 7) is 1.31. The second kappa shape index (κ2) is 8.70. The van der Waals surface area contributed by atoms with Crippen molar-refractivity contribution >= 4 is 24.8 Å². The van der Waals surface area contributed by atoms with Crippen molar-refractivity contribution in [3.8, 4) is 0 Å². The number of aliphatic carboxylic acids is 1. The van der Waals surface area contributed by atoms with E-state index >= 15 is 0 Å². The zero-order chi connectivity index (χ0) is 7.86. The van der Waals surface area contributed by atoms with E-state index in [4.69, 9.17) is 29.7 Å². The van der Waals surface area contributed by atoms with Crippen molar-refractivity contribution in [1.29, 1.82) is 0 Å². The van der Waals surface area contributed by atoms with Crippen LogP contribution in [0.2, 0.25) is 0 Å². The summed E-state index contributed by atoms with van der Waals surface area (Å²) in [4.78, 5) is 9.51. The molecule has 0 amide bonds. The van der Waals surface area contributed by atoms with E-state index in [1.165, 1.54) is 6.92 Å². The molecule has 1 unspecified atom stereocenters.